The first-order valence-corrected chi connectivity index (χ1v) is 8.57. The molecule has 1 atom stereocenters. The number of fused-ring (bicyclic) bond motifs is 1. The number of nitrogens with zero attached hydrogens (tertiary/aromatic N) is 2. The highest BCUT2D eigenvalue weighted by molar-refractivity contribution is 6.36. The first-order valence-electron chi connectivity index (χ1n) is 7.81. The SMILES string of the molecule is O=C(O)C1CC(=O)N(c2ccc3nc(-c4ccc(Cl)cc4Cl)oc3c2)C1. The van der Waals surface area contributed by atoms with Gasteiger partial charge in [0.1, 0.15) is 5.52 Å². The minimum atomic E-state index is -0.971. The van der Waals surface area contributed by atoms with E-state index in [2.05, 4.69) is 4.98 Å². The number of benzene rings is 2. The summed E-state index contributed by atoms with van der Waals surface area (Å²) >= 11 is 12.1. The number of carbonyl (C=O) groups excluding carboxylic acids is 1. The van der Waals surface area contributed by atoms with Gasteiger partial charge in [-0.05, 0) is 30.3 Å². The van der Waals surface area contributed by atoms with E-state index in [1.165, 1.54) is 4.90 Å². The van der Waals surface area contributed by atoms with Gasteiger partial charge in [-0.3, -0.25) is 9.59 Å². The number of rotatable bonds is 3. The zero-order valence-corrected chi connectivity index (χ0v) is 14.8. The fourth-order valence-electron chi connectivity index (χ4n) is 2.98. The van der Waals surface area contributed by atoms with Gasteiger partial charge in [0.05, 0.1) is 16.5 Å². The predicted molar refractivity (Wildman–Crippen MR) is 97.6 cm³/mol. The van der Waals surface area contributed by atoms with Crippen molar-refractivity contribution in [2.24, 2.45) is 5.92 Å². The van der Waals surface area contributed by atoms with Crippen molar-refractivity contribution in [3.05, 3.63) is 46.4 Å². The molecule has 132 valence electrons. The van der Waals surface area contributed by atoms with Gasteiger partial charge in [0.15, 0.2) is 5.58 Å². The molecule has 1 unspecified atom stereocenters. The lowest BCUT2D eigenvalue weighted by molar-refractivity contribution is -0.141. The molecule has 1 aliphatic heterocycles. The number of hydrogen-bond donors (Lipinski definition) is 1. The Bertz CT molecular complexity index is 1050. The standard InChI is InChI=1S/C18H12Cl2N2O4/c19-10-1-3-12(13(20)6-10)17-21-14-4-2-11(7-15(14)26-17)22-8-9(18(24)25)5-16(22)23/h1-4,6-7,9H,5,8H2,(H,24,25). The van der Waals surface area contributed by atoms with Crippen LogP contribution in [0.15, 0.2) is 40.8 Å². The first kappa shape index (κ1) is 16.9. The van der Waals surface area contributed by atoms with E-state index in [9.17, 15) is 9.59 Å². The van der Waals surface area contributed by atoms with Gasteiger partial charge in [-0.2, -0.15) is 0 Å². The van der Waals surface area contributed by atoms with E-state index >= 15 is 0 Å². The lowest BCUT2D eigenvalue weighted by atomic mass is 10.1. The minimum absolute atomic E-state index is 0.00456. The van der Waals surface area contributed by atoms with Crippen LogP contribution in [0.1, 0.15) is 6.42 Å². The molecule has 0 saturated carbocycles. The Labute approximate surface area is 157 Å². The number of carbonyl (C=O) groups is 2. The molecule has 1 amide bonds. The van der Waals surface area contributed by atoms with E-state index in [4.69, 9.17) is 32.7 Å². The summed E-state index contributed by atoms with van der Waals surface area (Å²) in [6.07, 6.45) is -0.00456. The normalized spacial score (nSPS) is 17.2. The molecule has 0 spiro atoms. The molecular weight excluding hydrogens is 379 g/mol. The van der Waals surface area contributed by atoms with Crippen LogP contribution in [0.25, 0.3) is 22.6 Å². The van der Waals surface area contributed by atoms with Crippen LogP contribution in [0.4, 0.5) is 5.69 Å². The first-order chi connectivity index (χ1) is 12.4. The molecule has 26 heavy (non-hydrogen) atoms. The molecule has 0 bridgehead atoms. The second-order valence-corrected chi connectivity index (χ2v) is 6.88. The van der Waals surface area contributed by atoms with E-state index in [0.717, 1.165) is 0 Å². The molecule has 1 N–H and O–H groups in total. The Kier molecular flexibility index (Phi) is 4.09. The number of carboxylic acids is 1. The van der Waals surface area contributed by atoms with Crippen LogP contribution in [0.2, 0.25) is 10.0 Å². The Morgan fingerprint density at radius 3 is 2.73 bits per heavy atom. The topological polar surface area (TPSA) is 83.6 Å². The summed E-state index contributed by atoms with van der Waals surface area (Å²) in [5, 5.41) is 10.0. The predicted octanol–water partition coefficient (Wildman–Crippen LogP) is 4.24. The molecule has 8 heteroatoms. The van der Waals surface area contributed by atoms with Crippen LogP contribution in [0.3, 0.4) is 0 Å². The molecule has 0 aliphatic carbocycles. The molecule has 1 saturated heterocycles. The van der Waals surface area contributed by atoms with Gasteiger partial charge < -0.3 is 14.4 Å². The number of halogens is 2. The molecule has 1 aliphatic rings. The number of hydrogen-bond acceptors (Lipinski definition) is 4. The summed E-state index contributed by atoms with van der Waals surface area (Å²) in [6.45, 7) is 0.143. The molecule has 3 aromatic rings. The molecule has 4 rings (SSSR count). The van der Waals surface area contributed by atoms with Crippen LogP contribution in [0.5, 0.6) is 0 Å². The summed E-state index contributed by atoms with van der Waals surface area (Å²) in [7, 11) is 0. The highest BCUT2D eigenvalue weighted by atomic mass is 35.5. The van der Waals surface area contributed by atoms with Crippen molar-refractivity contribution < 1.29 is 19.1 Å². The Morgan fingerprint density at radius 1 is 1.23 bits per heavy atom. The van der Waals surface area contributed by atoms with Gasteiger partial charge in [0.2, 0.25) is 11.8 Å². The zero-order valence-electron chi connectivity index (χ0n) is 13.3. The third-order valence-corrected chi connectivity index (χ3v) is 4.87. The van der Waals surface area contributed by atoms with Crippen molar-refractivity contribution in [3.8, 4) is 11.5 Å². The summed E-state index contributed by atoms with van der Waals surface area (Å²) in [5.74, 6) is -1.55. The molecule has 2 aromatic carbocycles. The summed E-state index contributed by atoms with van der Waals surface area (Å²) < 4.78 is 5.79. The quantitative estimate of drug-likeness (QED) is 0.722. The average molecular weight is 391 g/mol. The number of carboxylic acid groups (broad SMARTS) is 1. The molecule has 1 aromatic heterocycles. The summed E-state index contributed by atoms with van der Waals surface area (Å²) in [5.41, 5.74) is 2.28. The van der Waals surface area contributed by atoms with E-state index in [1.54, 1.807) is 36.4 Å². The van der Waals surface area contributed by atoms with Crippen molar-refractivity contribution in [1.82, 2.24) is 4.98 Å². The van der Waals surface area contributed by atoms with Gasteiger partial charge >= 0.3 is 5.97 Å². The Balaban J connectivity index is 1.70. The molecule has 2 heterocycles. The van der Waals surface area contributed by atoms with Crippen molar-refractivity contribution >= 4 is 51.9 Å². The zero-order chi connectivity index (χ0) is 18.4. The number of aromatic nitrogens is 1. The minimum Gasteiger partial charge on any atom is -0.481 e. The highest BCUT2D eigenvalue weighted by Gasteiger charge is 2.35. The van der Waals surface area contributed by atoms with Crippen molar-refractivity contribution in [2.45, 2.75) is 6.42 Å². The number of anilines is 1. The third kappa shape index (κ3) is 2.91. The maximum atomic E-state index is 12.1. The van der Waals surface area contributed by atoms with Gasteiger partial charge in [-0.1, -0.05) is 23.2 Å². The van der Waals surface area contributed by atoms with Crippen molar-refractivity contribution in [2.75, 3.05) is 11.4 Å². The van der Waals surface area contributed by atoms with Gasteiger partial charge in [0.25, 0.3) is 0 Å². The monoisotopic (exact) mass is 390 g/mol. The molecule has 0 radical (unpaired) electrons. The lowest BCUT2D eigenvalue weighted by Crippen LogP contribution is -2.25. The van der Waals surface area contributed by atoms with Gasteiger partial charge in [0, 0.05) is 29.7 Å². The lowest BCUT2D eigenvalue weighted by Gasteiger charge is -2.15. The third-order valence-electron chi connectivity index (χ3n) is 4.32. The van der Waals surface area contributed by atoms with Crippen LogP contribution in [-0.4, -0.2) is 28.5 Å². The fraction of sp³-hybridized carbons (Fsp3) is 0.167. The van der Waals surface area contributed by atoms with Crippen LogP contribution in [-0.2, 0) is 9.59 Å². The second kappa shape index (κ2) is 6.30. The Morgan fingerprint density at radius 2 is 2.04 bits per heavy atom. The van der Waals surface area contributed by atoms with Crippen LogP contribution < -0.4 is 4.90 Å². The number of aliphatic carboxylic acids is 1. The van der Waals surface area contributed by atoms with Crippen molar-refractivity contribution in [1.29, 1.82) is 0 Å². The van der Waals surface area contributed by atoms with Gasteiger partial charge in [-0.25, -0.2) is 4.98 Å². The van der Waals surface area contributed by atoms with Crippen LogP contribution >= 0.6 is 23.2 Å². The number of oxazole rings is 1. The molecular formula is C18H12Cl2N2O4. The van der Waals surface area contributed by atoms with E-state index in [0.29, 0.717) is 38.3 Å². The second-order valence-electron chi connectivity index (χ2n) is 6.04. The maximum absolute atomic E-state index is 12.1. The fourth-order valence-corrected chi connectivity index (χ4v) is 3.47. The van der Waals surface area contributed by atoms with E-state index < -0.39 is 11.9 Å². The largest absolute Gasteiger partial charge is 0.481 e. The average Bonchev–Trinajstić information content (AvgIpc) is 3.17. The molecule has 1 fully saturated rings. The number of amides is 1. The Hall–Kier alpha value is -2.57. The summed E-state index contributed by atoms with van der Waals surface area (Å²) in [4.78, 5) is 29.1. The molecule has 6 nitrogen and oxygen atoms in total. The maximum Gasteiger partial charge on any atom is 0.308 e. The van der Waals surface area contributed by atoms with E-state index in [-0.39, 0.29) is 18.9 Å². The van der Waals surface area contributed by atoms with Gasteiger partial charge in [-0.15, -0.1) is 0 Å². The van der Waals surface area contributed by atoms with Crippen molar-refractivity contribution in [3.63, 3.8) is 0 Å². The smallest absolute Gasteiger partial charge is 0.308 e. The van der Waals surface area contributed by atoms with Crippen LogP contribution in [0, 0.1) is 5.92 Å². The van der Waals surface area contributed by atoms with E-state index in [1.807, 2.05) is 0 Å². The summed E-state index contributed by atoms with van der Waals surface area (Å²) in [6, 6.07) is 10.1. The highest BCUT2D eigenvalue weighted by Crippen LogP contribution is 2.34.